The molecule has 2 N–H and O–H groups in total. The fourth-order valence-corrected chi connectivity index (χ4v) is 4.11. The number of rotatable bonds is 5. The number of aromatic nitrogens is 6. The third kappa shape index (κ3) is 4.06. The van der Waals surface area contributed by atoms with Crippen LogP contribution in [0.4, 0.5) is 5.95 Å². The molecule has 1 aromatic carbocycles. The van der Waals surface area contributed by atoms with E-state index in [0.29, 0.717) is 18.3 Å². The van der Waals surface area contributed by atoms with Crippen LogP contribution in [0.15, 0.2) is 33.9 Å². The standard InChI is InChI=1S/C24H28N8O2/c1-7-12-31-19-20(28-22(31)29(5)14-24(3,4)25)30(6)23(34)32(21(19)33)13-18-26-15(2)16-10-8-9-11-17(16)27-18/h8-11H,13-14,25H2,1-6H3. The zero-order valence-corrected chi connectivity index (χ0v) is 20.2. The monoisotopic (exact) mass is 460 g/mol. The van der Waals surface area contributed by atoms with E-state index in [2.05, 4.69) is 26.9 Å². The predicted octanol–water partition coefficient (Wildman–Crippen LogP) is 1.20. The summed E-state index contributed by atoms with van der Waals surface area (Å²) < 4.78 is 3.99. The zero-order valence-electron chi connectivity index (χ0n) is 20.2. The highest BCUT2D eigenvalue weighted by Crippen LogP contribution is 2.19. The van der Waals surface area contributed by atoms with Gasteiger partial charge in [0, 0.05) is 43.3 Å². The van der Waals surface area contributed by atoms with Gasteiger partial charge in [0.25, 0.3) is 5.56 Å². The fraction of sp³-hybridized carbons (Fsp3) is 0.375. The molecule has 0 saturated heterocycles. The normalized spacial score (nSPS) is 11.6. The van der Waals surface area contributed by atoms with Gasteiger partial charge < -0.3 is 10.6 Å². The number of hydrogen-bond acceptors (Lipinski definition) is 7. The Labute approximate surface area is 196 Å². The van der Waals surface area contributed by atoms with Crippen LogP contribution in [0, 0.1) is 18.9 Å². The lowest BCUT2D eigenvalue weighted by Gasteiger charge is -2.26. The number of nitrogens with zero attached hydrogens (tertiary/aromatic N) is 7. The Hall–Kier alpha value is -3.97. The van der Waals surface area contributed by atoms with Crippen molar-refractivity contribution in [3.63, 3.8) is 0 Å². The van der Waals surface area contributed by atoms with Gasteiger partial charge in [-0.15, -0.1) is 0 Å². The number of imidazole rings is 1. The van der Waals surface area contributed by atoms with Gasteiger partial charge in [-0.2, -0.15) is 4.98 Å². The van der Waals surface area contributed by atoms with Crippen LogP contribution >= 0.6 is 0 Å². The van der Waals surface area contributed by atoms with Crippen LogP contribution in [-0.2, 0) is 13.6 Å². The molecule has 0 aliphatic rings. The van der Waals surface area contributed by atoms with Gasteiger partial charge in [0.05, 0.1) is 12.1 Å². The van der Waals surface area contributed by atoms with Crippen molar-refractivity contribution in [2.45, 2.75) is 39.8 Å². The van der Waals surface area contributed by atoms with Crippen LogP contribution in [0.3, 0.4) is 0 Å². The Morgan fingerprint density at radius 3 is 2.53 bits per heavy atom. The Bertz CT molecular complexity index is 1590. The Balaban J connectivity index is 1.93. The van der Waals surface area contributed by atoms with E-state index in [-0.39, 0.29) is 17.7 Å². The molecule has 0 fully saturated rings. The first kappa shape index (κ1) is 23.2. The smallest absolute Gasteiger partial charge is 0.332 e. The highest BCUT2D eigenvalue weighted by atomic mass is 16.2. The second-order valence-corrected chi connectivity index (χ2v) is 9.10. The highest BCUT2D eigenvalue weighted by Gasteiger charge is 2.24. The topological polar surface area (TPSA) is 117 Å². The highest BCUT2D eigenvalue weighted by molar-refractivity contribution is 5.80. The summed E-state index contributed by atoms with van der Waals surface area (Å²) in [6.07, 6.45) is 0. The molecular weight excluding hydrogens is 432 g/mol. The number of anilines is 1. The first-order valence-electron chi connectivity index (χ1n) is 10.9. The maximum absolute atomic E-state index is 13.6. The van der Waals surface area contributed by atoms with Gasteiger partial charge in [-0.3, -0.25) is 13.9 Å². The van der Waals surface area contributed by atoms with Crippen molar-refractivity contribution in [1.29, 1.82) is 0 Å². The summed E-state index contributed by atoms with van der Waals surface area (Å²) >= 11 is 0. The van der Waals surface area contributed by atoms with Gasteiger partial charge in [0.2, 0.25) is 5.95 Å². The average Bonchev–Trinajstić information content (AvgIpc) is 3.14. The molecule has 0 unspecified atom stereocenters. The number of nitrogens with two attached hydrogens (primary N) is 1. The summed E-state index contributed by atoms with van der Waals surface area (Å²) in [6, 6.07) is 10.6. The van der Waals surface area contributed by atoms with Gasteiger partial charge in [-0.25, -0.2) is 19.3 Å². The fourth-order valence-electron chi connectivity index (χ4n) is 4.11. The maximum Gasteiger partial charge on any atom is 0.332 e. The Kier molecular flexibility index (Phi) is 5.75. The molecule has 3 aromatic heterocycles. The van der Waals surface area contributed by atoms with Gasteiger partial charge >= 0.3 is 5.69 Å². The lowest BCUT2D eigenvalue weighted by atomic mass is 10.1. The molecular formula is C24H28N8O2. The van der Waals surface area contributed by atoms with E-state index in [1.807, 2.05) is 57.0 Å². The molecule has 4 rings (SSSR count). The molecule has 0 aliphatic carbocycles. The van der Waals surface area contributed by atoms with Crippen molar-refractivity contribution >= 4 is 28.0 Å². The number of fused-ring (bicyclic) bond motifs is 2. The van der Waals surface area contributed by atoms with E-state index in [0.717, 1.165) is 21.2 Å². The lowest BCUT2D eigenvalue weighted by molar-refractivity contribution is 0.515. The van der Waals surface area contributed by atoms with E-state index in [4.69, 9.17) is 5.73 Å². The van der Waals surface area contributed by atoms with Crippen molar-refractivity contribution in [2.75, 3.05) is 18.5 Å². The van der Waals surface area contributed by atoms with Gasteiger partial charge in [0.15, 0.2) is 11.2 Å². The van der Waals surface area contributed by atoms with Crippen LogP contribution in [0.1, 0.15) is 32.3 Å². The minimum Gasteiger partial charge on any atom is -0.343 e. The molecule has 10 heteroatoms. The van der Waals surface area contributed by atoms with E-state index < -0.39 is 16.8 Å². The Morgan fingerprint density at radius 1 is 1.15 bits per heavy atom. The third-order valence-corrected chi connectivity index (χ3v) is 5.47. The van der Waals surface area contributed by atoms with Gasteiger partial charge in [-0.1, -0.05) is 24.1 Å². The molecule has 0 bridgehead atoms. The van der Waals surface area contributed by atoms with Crippen molar-refractivity contribution < 1.29 is 0 Å². The van der Waals surface area contributed by atoms with E-state index in [1.165, 1.54) is 9.13 Å². The summed E-state index contributed by atoms with van der Waals surface area (Å²) in [7, 11) is 3.41. The zero-order chi connectivity index (χ0) is 24.8. The minimum atomic E-state index is -0.505. The third-order valence-electron chi connectivity index (χ3n) is 5.47. The van der Waals surface area contributed by atoms with E-state index in [9.17, 15) is 9.59 Å². The quantitative estimate of drug-likeness (QED) is 0.445. The first-order valence-corrected chi connectivity index (χ1v) is 10.9. The second kappa shape index (κ2) is 8.43. The first-order chi connectivity index (χ1) is 16.0. The summed E-state index contributed by atoms with van der Waals surface area (Å²) in [6.45, 7) is 7.75. The second-order valence-electron chi connectivity index (χ2n) is 9.10. The SMILES string of the molecule is CC#Cn1c(N(C)CC(C)(C)N)nc2c1c(=O)n(Cc1nc(C)c3ccccc3n1)c(=O)n2C. The average molecular weight is 461 g/mol. The van der Waals surface area contributed by atoms with Crippen LogP contribution in [-0.4, -0.2) is 47.8 Å². The molecule has 0 saturated carbocycles. The molecule has 4 aromatic rings. The summed E-state index contributed by atoms with van der Waals surface area (Å²) in [5, 5.41) is 0.925. The molecule has 0 radical (unpaired) electrons. The summed E-state index contributed by atoms with van der Waals surface area (Å²) in [4.78, 5) is 42.3. The molecule has 34 heavy (non-hydrogen) atoms. The number of aryl methyl sites for hydroxylation is 2. The van der Waals surface area contributed by atoms with Crippen molar-refractivity contribution in [3.05, 3.63) is 56.6 Å². The molecule has 0 spiro atoms. The molecule has 0 amide bonds. The molecule has 3 heterocycles. The molecule has 10 nitrogen and oxygen atoms in total. The van der Waals surface area contributed by atoms with Crippen LogP contribution in [0.5, 0.6) is 0 Å². The van der Waals surface area contributed by atoms with Crippen molar-refractivity contribution in [2.24, 2.45) is 12.8 Å². The number of likely N-dealkylation sites (N-methyl/N-ethyl adjacent to an activating group) is 1. The molecule has 176 valence electrons. The van der Waals surface area contributed by atoms with Crippen LogP contribution in [0.25, 0.3) is 22.1 Å². The van der Waals surface area contributed by atoms with Crippen LogP contribution < -0.4 is 21.9 Å². The van der Waals surface area contributed by atoms with Gasteiger partial charge in [-0.05, 0) is 33.8 Å². The lowest BCUT2D eigenvalue weighted by Crippen LogP contribution is -2.44. The number of para-hydroxylation sites is 1. The van der Waals surface area contributed by atoms with E-state index >= 15 is 0 Å². The number of benzene rings is 1. The summed E-state index contributed by atoms with van der Waals surface area (Å²) in [5.74, 6) is 3.65. The predicted molar refractivity (Wildman–Crippen MR) is 133 cm³/mol. The van der Waals surface area contributed by atoms with Crippen molar-refractivity contribution in [3.8, 4) is 12.0 Å². The number of hydrogen-bond donors (Lipinski definition) is 1. The van der Waals surface area contributed by atoms with E-state index in [1.54, 1.807) is 14.0 Å². The largest absolute Gasteiger partial charge is 0.343 e. The van der Waals surface area contributed by atoms with Gasteiger partial charge in [0.1, 0.15) is 5.82 Å². The van der Waals surface area contributed by atoms with Crippen LogP contribution in [0.2, 0.25) is 0 Å². The molecule has 0 atom stereocenters. The minimum absolute atomic E-state index is 0.0706. The molecule has 0 aliphatic heterocycles. The Morgan fingerprint density at radius 2 is 1.85 bits per heavy atom. The maximum atomic E-state index is 13.6. The summed E-state index contributed by atoms with van der Waals surface area (Å²) in [5.41, 5.74) is 6.67. The van der Waals surface area contributed by atoms with Crippen molar-refractivity contribution in [1.82, 2.24) is 28.7 Å².